The standard InChI is InChI=1S/C18H33NO/c1-11(2)16(12(3)4)18(20)19(15(9)10)17(13(5)6)14(7)8/h11,13,15H,1-10H3. The van der Waals surface area contributed by atoms with Crippen LogP contribution in [0.5, 0.6) is 0 Å². The molecule has 0 N–H and O–H groups in total. The molecule has 0 atom stereocenters. The number of carbonyl (C=O) groups is 1. The first-order valence-corrected chi connectivity index (χ1v) is 7.70. The highest BCUT2D eigenvalue weighted by molar-refractivity contribution is 5.96. The summed E-state index contributed by atoms with van der Waals surface area (Å²) < 4.78 is 0. The summed E-state index contributed by atoms with van der Waals surface area (Å²) in [6.07, 6.45) is 0. The van der Waals surface area contributed by atoms with E-state index in [1.54, 1.807) is 0 Å². The van der Waals surface area contributed by atoms with Crippen molar-refractivity contribution in [2.75, 3.05) is 0 Å². The Morgan fingerprint density at radius 3 is 1.40 bits per heavy atom. The molecule has 2 heteroatoms. The highest BCUT2D eigenvalue weighted by Crippen LogP contribution is 2.27. The topological polar surface area (TPSA) is 20.3 Å². The van der Waals surface area contributed by atoms with Crippen molar-refractivity contribution in [3.63, 3.8) is 0 Å². The lowest BCUT2D eigenvalue weighted by Crippen LogP contribution is -2.40. The van der Waals surface area contributed by atoms with Gasteiger partial charge >= 0.3 is 0 Å². The van der Waals surface area contributed by atoms with Crippen molar-refractivity contribution >= 4 is 5.91 Å². The van der Waals surface area contributed by atoms with Gasteiger partial charge in [-0.1, -0.05) is 38.8 Å². The largest absolute Gasteiger partial charge is 0.310 e. The highest BCUT2D eigenvalue weighted by Gasteiger charge is 2.28. The molecule has 0 aliphatic carbocycles. The third-order valence-corrected chi connectivity index (χ3v) is 3.40. The van der Waals surface area contributed by atoms with Crippen LogP contribution in [0.4, 0.5) is 0 Å². The lowest BCUT2D eigenvalue weighted by molar-refractivity contribution is -0.127. The highest BCUT2D eigenvalue weighted by atomic mass is 16.2. The maximum Gasteiger partial charge on any atom is 0.254 e. The number of hydrogen-bond acceptors (Lipinski definition) is 1. The van der Waals surface area contributed by atoms with Gasteiger partial charge in [-0.2, -0.15) is 0 Å². The smallest absolute Gasteiger partial charge is 0.254 e. The predicted octanol–water partition coefficient (Wildman–Crippen LogP) is 5.17. The average molecular weight is 279 g/mol. The van der Waals surface area contributed by atoms with E-state index in [4.69, 9.17) is 0 Å². The van der Waals surface area contributed by atoms with Crippen molar-refractivity contribution < 1.29 is 4.79 Å². The predicted molar refractivity (Wildman–Crippen MR) is 88.4 cm³/mol. The van der Waals surface area contributed by atoms with Crippen LogP contribution in [0.1, 0.15) is 69.2 Å². The lowest BCUT2D eigenvalue weighted by atomic mass is 9.94. The molecule has 0 aliphatic rings. The van der Waals surface area contributed by atoms with Crippen molar-refractivity contribution in [2.24, 2.45) is 11.8 Å². The van der Waals surface area contributed by atoms with Gasteiger partial charge in [-0.15, -0.1) is 0 Å². The summed E-state index contributed by atoms with van der Waals surface area (Å²) in [5.41, 5.74) is 4.44. The molecule has 0 aromatic rings. The van der Waals surface area contributed by atoms with Crippen LogP contribution in [-0.4, -0.2) is 16.8 Å². The summed E-state index contributed by atoms with van der Waals surface area (Å²) in [5, 5.41) is 0. The molecule has 0 heterocycles. The van der Waals surface area contributed by atoms with Gasteiger partial charge in [-0.05, 0) is 53.4 Å². The summed E-state index contributed by atoms with van der Waals surface area (Å²) >= 11 is 0. The average Bonchev–Trinajstić information content (AvgIpc) is 2.22. The fourth-order valence-electron chi connectivity index (χ4n) is 2.89. The minimum Gasteiger partial charge on any atom is -0.310 e. The second-order valence-corrected chi connectivity index (χ2v) is 6.88. The molecule has 0 bridgehead atoms. The maximum atomic E-state index is 13.1. The second-order valence-electron chi connectivity index (χ2n) is 6.88. The van der Waals surface area contributed by atoms with E-state index >= 15 is 0 Å². The van der Waals surface area contributed by atoms with Crippen molar-refractivity contribution in [3.8, 4) is 0 Å². The van der Waals surface area contributed by atoms with Crippen LogP contribution in [0.15, 0.2) is 22.4 Å². The van der Waals surface area contributed by atoms with Gasteiger partial charge in [0.25, 0.3) is 5.91 Å². The first-order valence-electron chi connectivity index (χ1n) is 7.70. The van der Waals surface area contributed by atoms with Crippen LogP contribution in [-0.2, 0) is 4.79 Å². The van der Waals surface area contributed by atoms with E-state index in [9.17, 15) is 4.79 Å². The maximum absolute atomic E-state index is 13.1. The molecule has 1 amide bonds. The fourth-order valence-corrected chi connectivity index (χ4v) is 2.89. The van der Waals surface area contributed by atoms with Gasteiger partial charge in [-0.25, -0.2) is 0 Å². The SMILES string of the molecule is CC(C)=C(C(=O)N(C(=C(C)C)C(C)C)C(C)C)C(C)C. The van der Waals surface area contributed by atoms with Gasteiger partial charge in [0.05, 0.1) is 0 Å². The van der Waals surface area contributed by atoms with Crippen molar-refractivity contribution in [3.05, 3.63) is 22.4 Å². The molecular formula is C18H33NO. The van der Waals surface area contributed by atoms with E-state index in [1.807, 2.05) is 18.7 Å². The summed E-state index contributed by atoms with van der Waals surface area (Å²) in [7, 11) is 0. The first-order chi connectivity index (χ1) is 9.02. The Labute approximate surface area is 125 Å². The molecule has 0 spiro atoms. The summed E-state index contributed by atoms with van der Waals surface area (Å²) in [6.45, 7) is 20.9. The summed E-state index contributed by atoms with van der Waals surface area (Å²) in [6, 6.07) is 0.169. The zero-order valence-electron chi connectivity index (χ0n) is 15.1. The molecule has 2 nitrogen and oxygen atoms in total. The van der Waals surface area contributed by atoms with Crippen LogP contribution >= 0.6 is 0 Å². The normalized spacial score (nSPS) is 11.1. The number of hydrogen-bond donors (Lipinski definition) is 0. The number of amides is 1. The molecule has 0 saturated carbocycles. The first kappa shape index (κ1) is 18.9. The van der Waals surface area contributed by atoms with Gasteiger partial charge in [0.1, 0.15) is 0 Å². The molecule has 0 aromatic carbocycles. The zero-order chi connectivity index (χ0) is 16.2. The van der Waals surface area contributed by atoms with E-state index in [0.29, 0.717) is 5.92 Å². The minimum atomic E-state index is 0.167. The number of carbonyl (C=O) groups excluding carboxylic acids is 1. The third kappa shape index (κ3) is 4.50. The quantitative estimate of drug-likeness (QED) is 0.636. The number of nitrogens with zero attached hydrogens (tertiary/aromatic N) is 1. The molecule has 0 saturated heterocycles. The summed E-state index contributed by atoms with van der Waals surface area (Å²) in [5.74, 6) is 0.760. The Morgan fingerprint density at radius 1 is 0.750 bits per heavy atom. The van der Waals surface area contributed by atoms with Crippen molar-refractivity contribution in [2.45, 2.75) is 75.3 Å². The third-order valence-electron chi connectivity index (χ3n) is 3.40. The van der Waals surface area contributed by atoms with Crippen molar-refractivity contribution in [1.82, 2.24) is 4.90 Å². The van der Waals surface area contributed by atoms with Crippen molar-refractivity contribution in [1.29, 1.82) is 0 Å². The van der Waals surface area contributed by atoms with E-state index < -0.39 is 0 Å². The molecule has 0 rings (SSSR count). The van der Waals surface area contributed by atoms with Gasteiger partial charge in [0, 0.05) is 17.3 Å². The van der Waals surface area contributed by atoms with Gasteiger partial charge in [0.2, 0.25) is 0 Å². The molecular weight excluding hydrogens is 246 g/mol. The van der Waals surface area contributed by atoms with E-state index in [-0.39, 0.29) is 17.9 Å². The Kier molecular flexibility index (Phi) is 7.26. The Balaban J connectivity index is 5.93. The number of rotatable bonds is 5. The summed E-state index contributed by atoms with van der Waals surface area (Å²) in [4.78, 5) is 15.0. The van der Waals surface area contributed by atoms with Gasteiger partial charge < -0.3 is 4.90 Å². The van der Waals surface area contributed by atoms with Crippen LogP contribution in [0.25, 0.3) is 0 Å². The zero-order valence-corrected chi connectivity index (χ0v) is 15.1. The Hall–Kier alpha value is -1.05. The van der Waals surface area contributed by atoms with E-state index in [0.717, 1.165) is 16.8 Å². The Bertz CT molecular complexity index is 403. The molecule has 0 aliphatic heterocycles. The van der Waals surface area contributed by atoms with E-state index in [1.165, 1.54) is 5.57 Å². The molecule has 0 unspecified atom stereocenters. The van der Waals surface area contributed by atoms with Gasteiger partial charge in [0.15, 0.2) is 0 Å². The molecule has 0 radical (unpaired) electrons. The van der Waals surface area contributed by atoms with Crippen LogP contribution in [0, 0.1) is 11.8 Å². The van der Waals surface area contributed by atoms with Crippen LogP contribution in [0.2, 0.25) is 0 Å². The molecule has 116 valence electrons. The monoisotopic (exact) mass is 279 g/mol. The van der Waals surface area contributed by atoms with Crippen LogP contribution in [0.3, 0.4) is 0 Å². The molecule has 0 fully saturated rings. The minimum absolute atomic E-state index is 0.167. The Morgan fingerprint density at radius 2 is 1.20 bits per heavy atom. The fraction of sp³-hybridized carbons (Fsp3) is 0.722. The second kappa shape index (κ2) is 7.66. The van der Waals surface area contributed by atoms with E-state index in [2.05, 4.69) is 55.4 Å². The van der Waals surface area contributed by atoms with Crippen LogP contribution < -0.4 is 0 Å². The lowest BCUT2D eigenvalue weighted by Gasteiger charge is -2.34. The molecule has 0 aromatic heterocycles. The number of allylic oxidation sites excluding steroid dienone is 3. The van der Waals surface area contributed by atoms with Gasteiger partial charge in [-0.3, -0.25) is 4.79 Å². The molecule has 20 heavy (non-hydrogen) atoms.